The van der Waals surface area contributed by atoms with Crippen LogP contribution in [0.25, 0.3) is 33.4 Å². The molecule has 0 nitrogen and oxygen atoms in total. The van der Waals surface area contributed by atoms with Gasteiger partial charge in [-0.05, 0) is 132 Å². The second kappa shape index (κ2) is 21.7. The number of halogens is 2. The van der Waals surface area contributed by atoms with Crippen molar-refractivity contribution in [2.45, 2.75) is 52.4 Å². The number of hydrogen-bond donors (Lipinski definition) is 0. The topological polar surface area (TPSA) is 0 Å². The molecule has 5 heteroatoms. The van der Waals surface area contributed by atoms with Crippen molar-refractivity contribution in [3.63, 3.8) is 0 Å². The van der Waals surface area contributed by atoms with E-state index in [0.29, 0.717) is 0 Å². The summed E-state index contributed by atoms with van der Waals surface area (Å²) in [4.78, 5) is 0. The summed E-state index contributed by atoms with van der Waals surface area (Å²) in [6.45, 7) is 14.3. The zero-order valence-electron chi connectivity index (χ0n) is 43.1. The first-order chi connectivity index (χ1) is 35.9. The number of fused-ring (bicyclic) bond motifs is 3. The molecule has 10 aromatic rings. The van der Waals surface area contributed by atoms with Gasteiger partial charge in [0.1, 0.15) is 0 Å². The summed E-state index contributed by atoms with van der Waals surface area (Å²) in [5.74, 6) is 0. The fraction of sp³-hybridized carbons (Fsp3) is 0.116. The van der Waals surface area contributed by atoms with Crippen molar-refractivity contribution >= 4 is 74.7 Å². The van der Waals surface area contributed by atoms with Gasteiger partial charge in [0.15, 0.2) is 16.1 Å². The van der Waals surface area contributed by atoms with Crippen LogP contribution in [0.5, 0.6) is 0 Å². The third kappa shape index (κ3) is 9.46. The van der Waals surface area contributed by atoms with Crippen LogP contribution in [0.3, 0.4) is 0 Å². The molecule has 0 aliphatic heterocycles. The summed E-state index contributed by atoms with van der Waals surface area (Å²) in [5.41, 5.74) is 12.8. The van der Waals surface area contributed by atoms with E-state index < -0.39 is 37.0 Å². The van der Waals surface area contributed by atoms with Gasteiger partial charge in [-0.25, -0.2) is 0 Å². The molecule has 1 radical (unpaired) electrons. The molecule has 0 saturated carbocycles. The number of benzene rings is 10. The molecule has 363 valence electrons. The van der Waals surface area contributed by atoms with Gasteiger partial charge in [-0.3, -0.25) is 0 Å². The summed E-state index contributed by atoms with van der Waals surface area (Å²) in [6.07, 6.45) is 2.48. The zero-order valence-corrected chi connectivity index (χ0v) is 49.1. The van der Waals surface area contributed by atoms with E-state index in [1.54, 1.807) is 0 Å². The maximum atomic E-state index is 4.93. The SMILES string of the molecule is CC(C)(C)c1cc2c(cc1-c1ccccc1[Si](c1ccccc1)(c1ccccc1)c1ccccc1)[CH]c1cc(-c3ccccc3[Si](c3ccccc3)(c3ccccc3)c3ccccc3)c(C(C)(C)C)cc1-2.[Cl][Zr][Cl]. The monoisotopic (exact) mass is 1110 g/mol. The molecule has 0 aromatic heterocycles. The van der Waals surface area contributed by atoms with Crippen LogP contribution in [0.1, 0.15) is 63.8 Å². The van der Waals surface area contributed by atoms with Crippen molar-refractivity contribution in [3.05, 3.63) is 283 Å². The summed E-state index contributed by atoms with van der Waals surface area (Å²) in [6, 6.07) is 96.9. The van der Waals surface area contributed by atoms with Crippen molar-refractivity contribution in [3.8, 4) is 33.4 Å². The molecular weight excluding hydrogens is 1050 g/mol. The van der Waals surface area contributed by atoms with E-state index in [0.717, 1.165) is 0 Å². The Morgan fingerprint density at radius 2 is 0.514 bits per heavy atom. The molecule has 1 aliphatic carbocycles. The van der Waals surface area contributed by atoms with Gasteiger partial charge in [0, 0.05) is 6.42 Å². The van der Waals surface area contributed by atoms with Crippen molar-refractivity contribution in [1.29, 1.82) is 0 Å². The van der Waals surface area contributed by atoms with Crippen molar-refractivity contribution < 1.29 is 20.8 Å². The molecule has 0 bridgehead atoms. The Balaban J connectivity index is 0.00000204. The molecule has 10 aromatic carbocycles. The van der Waals surface area contributed by atoms with E-state index in [1.165, 1.54) is 97.1 Å². The Kier molecular flexibility index (Phi) is 15.2. The van der Waals surface area contributed by atoms with Crippen molar-refractivity contribution in [2.24, 2.45) is 0 Å². The normalized spacial score (nSPS) is 12.3. The van der Waals surface area contributed by atoms with Gasteiger partial charge in [-0.1, -0.05) is 272 Å². The molecule has 11 rings (SSSR count). The molecule has 0 N–H and O–H groups in total. The van der Waals surface area contributed by atoms with Gasteiger partial charge in [0.25, 0.3) is 0 Å². The quantitative estimate of drug-likeness (QED) is 0.0946. The first-order valence-electron chi connectivity index (χ1n) is 25.6. The molecule has 0 amide bonds. The fourth-order valence-corrected chi connectivity index (χ4v) is 21.9. The molecular formula is C69H61Cl2Si2Zr. The van der Waals surface area contributed by atoms with Gasteiger partial charge >= 0.3 is 37.9 Å². The van der Waals surface area contributed by atoms with E-state index in [-0.39, 0.29) is 10.8 Å². The van der Waals surface area contributed by atoms with Crippen molar-refractivity contribution in [1.82, 2.24) is 0 Å². The third-order valence-corrected chi connectivity index (χ3v) is 24.8. The van der Waals surface area contributed by atoms with Crippen LogP contribution in [0.15, 0.2) is 255 Å². The minimum absolute atomic E-state index is 0.150. The molecule has 0 spiro atoms. The standard InChI is InChI=1S/C69H61Si2.2ClH.Zr/c1-68(2,3)64-48-60-50(46-62(64)58-41-25-27-43-66(58)70(52-29-13-7-14-30-52,53-31-15-8-16-32-53)54-33-17-9-18-34-54)45-51-47-63(65(49-61(51)60)69(4,5)6)59-42-26-28-44-67(59)71(55-35-19-10-20-36-55,56-37-21-11-22-38-56)57-39-23-12-24-40-57;;;/h7-49H,1-6H3;2*1H;/q;;;+2/p-2. The Bertz CT molecular complexity index is 3090. The third-order valence-electron chi connectivity index (χ3n) is 15.1. The average molecular weight is 1110 g/mol. The average Bonchev–Trinajstić information content (AvgIpc) is 3.81. The molecule has 0 fully saturated rings. The van der Waals surface area contributed by atoms with Crippen LogP contribution < -0.4 is 41.5 Å². The number of rotatable bonds is 10. The molecule has 74 heavy (non-hydrogen) atoms. The van der Waals surface area contributed by atoms with E-state index >= 15 is 0 Å². The first-order valence-corrected chi connectivity index (χ1v) is 36.0. The van der Waals surface area contributed by atoms with Crippen molar-refractivity contribution in [2.75, 3.05) is 0 Å². The summed E-state index contributed by atoms with van der Waals surface area (Å²) in [5, 5.41) is 11.1. The molecule has 0 unspecified atom stereocenters. The van der Waals surface area contributed by atoms with E-state index in [2.05, 4.69) is 303 Å². The van der Waals surface area contributed by atoms with Crippen LogP contribution >= 0.6 is 17.0 Å². The van der Waals surface area contributed by atoms with Gasteiger partial charge < -0.3 is 0 Å². The zero-order chi connectivity index (χ0) is 51.5. The molecule has 1 aliphatic rings. The van der Waals surface area contributed by atoms with Gasteiger partial charge in [0.05, 0.1) is 0 Å². The number of hydrogen-bond acceptors (Lipinski definition) is 0. The van der Waals surface area contributed by atoms with E-state index in [4.69, 9.17) is 17.0 Å². The van der Waals surface area contributed by atoms with Gasteiger partial charge in [-0.2, -0.15) is 0 Å². The Morgan fingerprint density at radius 1 is 0.284 bits per heavy atom. The fourth-order valence-electron chi connectivity index (χ4n) is 11.9. The molecule has 0 atom stereocenters. The summed E-state index contributed by atoms with van der Waals surface area (Å²) >= 11 is -0.826. The van der Waals surface area contributed by atoms with Gasteiger partial charge in [0.2, 0.25) is 0 Å². The van der Waals surface area contributed by atoms with Gasteiger partial charge in [-0.15, -0.1) is 0 Å². The molecule has 0 heterocycles. The summed E-state index contributed by atoms with van der Waals surface area (Å²) in [7, 11) is 4.12. The second-order valence-electron chi connectivity index (χ2n) is 21.5. The van der Waals surface area contributed by atoms with Crippen LogP contribution in [0.4, 0.5) is 0 Å². The van der Waals surface area contributed by atoms with Crippen LogP contribution in [0, 0.1) is 6.42 Å². The van der Waals surface area contributed by atoms with Crippen LogP contribution in [0.2, 0.25) is 0 Å². The molecule has 0 saturated heterocycles. The second-order valence-corrected chi connectivity index (χ2v) is 32.7. The Morgan fingerprint density at radius 3 is 0.757 bits per heavy atom. The van der Waals surface area contributed by atoms with Crippen LogP contribution in [-0.2, 0) is 31.7 Å². The van der Waals surface area contributed by atoms with E-state index in [1.807, 2.05) is 0 Å². The van der Waals surface area contributed by atoms with E-state index in [9.17, 15) is 0 Å². The predicted octanol–water partition coefficient (Wildman–Crippen LogP) is 13.3. The minimum atomic E-state index is -2.87. The predicted molar refractivity (Wildman–Crippen MR) is 322 cm³/mol. The summed E-state index contributed by atoms with van der Waals surface area (Å²) < 4.78 is 0. The Labute approximate surface area is 460 Å². The van der Waals surface area contributed by atoms with Crippen LogP contribution in [-0.4, -0.2) is 16.1 Å². The Hall–Kier alpha value is -5.90. The first kappa shape index (κ1) is 51.6. The maximum absolute atomic E-state index is 4.93.